The fourth-order valence-corrected chi connectivity index (χ4v) is 4.20. The molecule has 3 heterocycles. The summed E-state index contributed by atoms with van der Waals surface area (Å²) in [6.07, 6.45) is 3.05. The summed E-state index contributed by atoms with van der Waals surface area (Å²) >= 11 is 1.49. The third-order valence-electron chi connectivity index (χ3n) is 5.44. The van der Waals surface area contributed by atoms with E-state index in [1.807, 2.05) is 37.3 Å². The first-order chi connectivity index (χ1) is 15.5. The number of piperazine rings is 1. The van der Waals surface area contributed by atoms with Crippen LogP contribution in [0.1, 0.15) is 25.8 Å². The number of carbonyl (C=O) groups is 1. The van der Waals surface area contributed by atoms with Crippen molar-refractivity contribution in [3.05, 3.63) is 41.5 Å². The average Bonchev–Trinajstić information content (AvgIpc) is 3.19. The van der Waals surface area contributed by atoms with Crippen LogP contribution in [0.15, 0.2) is 51.0 Å². The van der Waals surface area contributed by atoms with Crippen LogP contribution < -0.4 is 10.2 Å². The molecule has 2 aliphatic rings. The van der Waals surface area contributed by atoms with Gasteiger partial charge in [0.1, 0.15) is 11.6 Å². The molecule has 0 atom stereocenters. The number of Topliss-reactive ketones (excluding diaryl/α,β-unsaturated/α-hetero) is 1. The standard InChI is InChI=1S/C23H29N7OS/c1-4-18(31)14-17-5-7-19(8-6-17)32-23-27-21(25-20-13-16(2)15-24-20)26-22(28-23)30-11-9-29(3)10-12-30/h5-8,13H,4,9-12,14-15H2,1-3H3,(H,24,25,26,27,28). The Morgan fingerprint density at radius 1 is 1.09 bits per heavy atom. The van der Waals surface area contributed by atoms with Gasteiger partial charge < -0.3 is 15.1 Å². The molecule has 0 radical (unpaired) electrons. The van der Waals surface area contributed by atoms with Crippen LogP contribution in [0.4, 0.5) is 11.9 Å². The van der Waals surface area contributed by atoms with Crippen molar-refractivity contribution < 1.29 is 4.79 Å². The molecule has 1 fully saturated rings. The number of anilines is 2. The first-order valence-electron chi connectivity index (χ1n) is 10.9. The number of nitrogens with one attached hydrogen (secondary N) is 1. The Bertz CT molecular complexity index is 1030. The Hall–Kier alpha value is -2.78. The third-order valence-corrected chi connectivity index (χ3v) is 6.31. The van der Waals surface area contributed by atoms with Gasteiger partial charge in [0.05, 0.1) is 6.54 Å². The second-order valence-electron chi connectivity index (χ2n) is 8.16. The summed E-state index contributed by atoms with van der Waals surface area (Å²) in [5, 5.41) is 3.88. The molecule has 1 aromatic heterocycles. The highest BCUT2D eigenvalue weighted by Gasteiger charge is 2.19. The summed E-state index contributed by atoms with van der Waals surface area (Å²) < 4.78 is 0. The van der Waals surface area contributed by atoms with Crippen molar-refractivity contribution in [1.82, 2.24) is 19.9 Å². The molecule has 0 spiro atoms. The van der Waals surface area contributed by atoms with Crippen LogP contribution in [0.5, 0.6) is 0 Å². The summed E-state index contributed by atoms with van der Waals surface area (Å²) in [5.41, 5.74) is 2.23. The lowest BCUT2D eigenvalue weighted by Gasteiger charge is -2.32. The molecule has 0 aliphatic carbocycles. The molecule has 0 saturated carbocycles. The quantitative estimate of drug-likeness (QED) is 0.687. The molecule has 4 rings (SSSR count). The minimum Gasteiger partial charge on any atom is -0.338 e. The molecule has 2 aliphatic heterocycles. The lowest BCUT2D eigenvalue weighted by atomic mass is 10.1. The number of hydrogen-bond donors (Lipinski definition) is 1. The minimum atomic E-state index is 0.245. The van der Waals surface area contributed by atoms with Gasteiger partial charge in [-0.1, -0.05) is 19.1 Å². The Labute approximate surface area is 193 Å². The number of carbonyl (C=O) groups excluding carboxylic acids is 1. The van der Waals surface area contributed by atoms with Crippen LogP contribution in [0.3, 0.4) is 0 Å². The second-order valence-corrected chi connectivity index (χ2v) is 9.20. The first kappa shape index (κ1) is 22.4. The van der Waals surface area contributed by atoms with E-state index in [-0.39, 0.29) is 5.78 Å². The molecule has 1 N–H and O–H groups in total. The summed E-state index contributed by atoms with van der Waals surface area (Å²) in [5.74, 6) is 2.21. The molecular weight excluding hydrogens is 422 g/mol. The van der Waals surface area contributed by atoms with Crippen LogP contribution in [-0.2, 0) is 11.2 Å². The van der Waals surface area contributed by atoms with E-state index in [0.29, 0.717) is 36.4 Å². The van der Waals surface area contributed by atoms with Gasteiger partial charge >= 0.3 is 0 Å². The van der Waals surface area contributed by atoms with Crippen LogP contribution in [0.2, 0.25) is 0 Å². The van der Waals surface area contributed by atoms with E-state index in [0.717, 1.165) is 42.5 Å². The van der Waals surface area contributed by atoms with E-state index < -0.39 is 0 Å². The zero-order valence-electron chi connectivity index (χ0n) is 18.8. The van der Waals surface area contributed by atoms with E-state index in [1.165, 1.54) is 17.3 Å². The SMILES string of the molecule is CCC(=O)Cc1ccc(Sc2nc(NC3=NCC(C)=C3)nc(N3CCN(C)CC3)n2)cc1. The van der Waals surface area contributed by atoms with Gasteiger partial charge in [-0.2, -0.15) is 15.0 Å². The molecule has 8 nitrogen and oxygen atoms in total. The highest BCUT2D eigenvalue weighted by Crippen LogP contribution is 2.27. The normalized spacial score (nSPS) is 16.7. The lowest BCUT2D eigenvalue weighted by Crippen LogP contribution is -2.45. The van der Waals surface area contributed by atoms with Crippen molar-refractivity contribution in [2.45, 2.75) is 36.7 Å². The highest BCUT2D eigenvalue weighted by molar-refractivity contribution is 7.99. The van der Waals surface area contributed by atoms with Crippen LogP contribution in [-0.4, -0.2) is 71.2 Å². The molecule has 0 amide bonds. The van der Waals surface area contributed by atoms with Crippen molar-refractivity contribution in [2.24, 2.45) is 4.99 Å². The van der Waals surface area contributed by atoms with Gasteiger partial charge in [0.25, 0.3) is 0 Å². The van der Waals surface area contributed by atoms with E-state index in [4.69, 9.17) is 4.98 Å². The van der Waals surface area contributed by atoms with Gasteiger partial charge in [-0.25, -0.2) is 0 Å². The molecule has 168 valence electrons. The van der Waals surface area contributed by atoms with Crippen molar-refractivity contribution in [1.29, 1.82) is 0 Å². The van der Waals surface area contributed by atoms with Gasteiger partial charge in [0.15, 0.2) is 5.16 Å². The molecule has 2 aromatic rings. The largest absolute Gasteiger partial charge is 0.338 e. The maximum absolute atomic E-state index is 11.7. The van der Waals surface area contributed by atoms with Crippen LogP contribution >= 0.6 is 11.8 Å². The van der Waals surface area contributed by atoms with Crippen molar-refractivity contribution in [3.63, 3.8) is 0 Å². The number of ketones is 1. The van der Waals surface area contributed by atoms with E-state index in [1.54, 1.807) is 0 Å². The first-order valence-corrected chi connectivity index (χ1v) is 11.8. The monoisotopic (exact) mass is 451 g/mol. The molecular formula is C23H29N7OS. The van der Waals surface area contributed by atoms with Crippen LogP contribution in [0.25, 0.3) is 0 Å². The number of rotatable bonds is 7. The van der Waals surface area contributed by atoms with Crippen molar-refractivity contribution in [3.8, 4) is 0 Å². The fourth-order valence-electron chi connectivity index (χ4n) is 3.45. The highest BCUT2D eigenvalue weighted by atomic mass is 32.2. The lowest BCUT2D eigenvalue weighted by molar-refractivity contribution is -0.118. The zero-order valence-corrected chi connectivity index (χ0v) is 19.7. The van der Waals surface area contributed by atoms with Crippen LogP contribution in [0, 0.1) is 0 Å². The van der Waals surface area contributed by atoms with E-state index >= 15 is 0 Å². The maximum Gasteiger partial charge on any atom is 0.234 e. The molecule has 1 saturated heterocycles. The number of nitrogens with zero attached hydrogens (tertiary/aromatic N) is 6. The Balaban J connectivity index is 1.55. The molecule has 1 aromatic carbocycles. The van der Waals surface area contributed by atoms with Gasteiger partial charge in [-0.15, -0.1) is 0 Å². The molecule has 0 unspecified atom stereocenters. The minimum absolute atomic E-state index is 0.245. The van der Waals surface area contributed by atoms with Crippen molar-refractivity contribution >= 4 is 35.3 Å². The Morgan fingerprint density at radius 2 is 1.84 bits per heavy atom. The van der Waals surface area contributed by atoms with E-state index in [2.05, 4.69) is 44.0 Å². The zero-order chi connectivity index (χ0) is 22.5. The van der Waals surface area contributed by atoms with Crippen molar-refractivity contribution in [2.75, 3.05) is 50.0 Å². The number of amidine groups is 1. The maximum atomic E-state index is 11.7. The third kappa shape index (κ3) is 5.92. The van der Waals surface area contributed by atoms with Gasteiger partial charge in [-0.05, 0) is 55.1 Å². The van der Waals surface area contributed by atoms with Gasteiger partial charge in [0, 0.05) is 43.9 Å². The average molecular weight is 452 g/mol. The summed E-state index contributed by atoms with van der Waals surface area (Å²) in [6.45, 7) is 8.36. The predicted molar refractivity (Wildman–Crippen MR) is 129 cm³/mol. The van der Waals surface area contributed by atoms with Gasteiger partial charge in [-0.3, -0.25) is 9.79 Å². The number of likely N-dealkylation sites (N-methyl/N-ethyl adjacent to an activating group) is 1. The summed E-state index contributed by atoms with van der Waals surface area (Å²) in [4.78, 5) is 35.8. The number of aromatic nitrogens is 3. The molecule has 32 heavy (non-hydrogen) atoms. The fraction of sp³-hybridized carbons (Fsp3) is 0.435. The number of hydrogen-bond acceptors (Lipinski definition) is 9. The smallest absolute Gasteiger partial charge is 0.234 e. The number of benzene rings is 1. The molecule has 9 heteroatoms. The molecule has 0 bridgehead atoms. The topological polar surface area (TPSA) is 86.6 Å². The summed E-state index contributed by atoms with van der Waals surface area (Å²) in [7, 11) is 2.13. The predicted octanol–water partition coefficient (Wildman–Crippen LogP) is 3.07. The number of aliphatic imine (C=N–C) groups is 1. The van der Waals surface area contributed by atoms with E-state index in [9.17, 15) is 4.79 Å². The Morgan fingerprint density at radius 3 is 2.50 bits per heavy atom. The van der Waals surface area contributed by atoms with Gasteiger partial charge in [0.2, 0.25) is 11.9 Å². The summed E-state index contributed by atoms with van der Waals surface area (Å²) in [6, 6.07) is 8.03. The Kier molecular flexibility index (Phi) is 7.16. The second kappa shape index (κ2) is 10.2.